The van der Waals surface area contributed by atoms with E-state index in [1.165, 1.54) is 0 Å². The van der Waals surface area contributed by atoms with Gasteiger partial charge in [-0.2, -0.15) is 0 Å². The van der Waals surface area contributed by atoms with E-state index in [2.05, 4.69) is 19.2 Å². The van der Waals surface area contributed by atoms with Crippen LogP contribution < -0.4 is 5.32 Å². The van der Waals surface area contributed by atoms with Crippen LogP contribution >= 0.6 is 0 Å². The van der Waals surface area contributed by atoms with Crippen molar-refractivity contribution in [3.8, 4) is 0 Å². The Hall–Kier alpha value is -1.92. The molecule has 1 unspecified atom stereocenters. The molecule has 0 saturated carbocycles. The van der Waals surface area contributed by atoms with Gasteiger partial charge in [0, 0.05) is 24.6 Å². The van der Waals surface area contributed by atoms with Gasteiger partial charge in [0.25, 0.3) is 5.91 Å². The quantitative estimate of drug-likeness (QED) is 0.814. The molecule has 6 heteroatoms. The molecule has 28 heavy (non-hydrogen) atoms. The van der Waals surface area contributed by atoms with Crippen molar-refractivity contribution >= 4 is 11.8 Å². The topological polar surface area (TPSA) is 67.9 Å². The van der Waals surface area contributed by atoms with E-state index in [4.69, 9.17) is 9.47 Å². The van der Waals surface area contributed by atoms with Crippen molar-refractivity contribution in [2.24, 2.45) is 11.8 Å². The average Bonchev–Trinajstić information content (AvgIpc) is 3.22. The lowest BCUT2D eigenvalue weighted by Crippen LogP contribution is -2.52. The predicted octanol–water partition coefficient (Wildman–Crippen LogP) is 2.75. The zero-order chi connectivity index (χ0) is 20.1. The highest BCUT2D eigenvalue weighted by molar-refractivity contribution is 5.98. The highest BCUT2D eigenvalue weighted by atomic mass is 16.7. The van der Waals surface area contributed by atoms with E-state index >= 15 is 0 Å². The van der Waals surface area contributed by atoms with E-state index in [0.29, 0.717) is 50.1 Å². The third-order valence-electron chi connectivity index (χ3n) is 5.58. The molecule has 2 heterocycles. The smallest absolute Gasteiger partial charge is 0.252 e. The van der Waals surface area contributed by atoms with Crippen molar-refractivity contribution in [3.63, 3.8) is 0 Å². The molecule has 2 aliphatic rings. The van der Waals surface area contributed by atoms with Gasteiger partial charge in [-0.1, -0.05) is 32.0 Å². The van der Waals surface area contributed by atoms with Gasteiger partial charge >= 0.3 is 0 Å². The molecule has 154 valence electrons. The summed E-state index contributed by atoms with van der Waals surface area (Å²) in [5.41, 5.74) is 1.53. The van der Waals surface area contributed by atoms with E-state index in [9.17, 15) is 9.59 Å². The van der Waals surface area contributed by atoms with Crippen LogP contribution in [0.25, 0.3) is 0 Å². The summed E-state index contributed by atoms with van der Waals surface area (Å²) in [6.07, 6.45) is 2.25. The van der Waals surface area contributed by atoms with Gasteiger partial charge in [0.05, 0.1) is 13.2 Å². The average molecular weight is 389 g/mol. The van der Waals surface area contributed by atoms with E-state index < -0.39 is 6.04 Å². The Kier molecular flexibility index (Phi) is 7.08. The van der Waals surface area contributed by atoms with Crippen molar-refractivity contribution in [2.75, 3.05) is 26.3 Å². The molecular formula is C22H32N2O4. The predicted molar refractivity (Wildman–Crippen MR) is 107 cm³/mol. The van der Waals surface area contributed by atoms with Crippen LogP contribution in [0.4, 0.5) is 0 Å². The van der Waals surface area contributed by atoms with E-state index in [1.54, 1.807) is 6.07 Å². The molecule has 1 aromatic rings. The fourth-order valence-electron chi connectivity index (χ4n) is 4.02. The minimum Gasteiger partial charge on any atom is -0.350 e. The molecule has 0 bridgehead atoms. The van der Waals surface area contributed by atoms with Crippen molar-refractivity contribution in [2.45, 2.75) is 52.4 Å². The summed E-state index contributed by atoms with van der Waals surface area (Å²) in [5.74, 6) is 0.489. The number of carbonyl (C=O) groups excluding carboxylic acids is 2. The number of benzene rings is 1. The van der Waals surface area contributed by atoms with Gasteiger partial charge in [-0.25, -0.2) is 0 Å². The number of likely N-dealkylation sites (tertiary alicyclic amines) is 1. The van der Waals surface area contributed by atoms with Gasteiger partial charge in [-0.15, -0.1) is 0 Å². The molecule has 2 aliphatic heterocycles. The molecule has 0 radical (unpaired) electrons. The monoisotopic (exact) mass is 388 g/mol. The molecule has 1 aromatic carbocycles. The molecule has 0 aromatic heterocycles. The van der Waals surface area contributed by atoms with E-state index in [1.807, 2.05) is 30.0 Å². The van der Waals surface area contributed by atoms with Crippen LogP contribution in [-0.2, 0) is 14.3 Å². The largest absolute Gasteiger partial charge is 0.350 e. The second-order valence-corrected chi connectivity index (χ2v) is 8.24. The lowest BCUT2D eigenvalue weighted by Gasteiger charge is -2.36. The first-order chi connectivity index (χ1) is 13.5. The van der Waals surface area contributed by atoms with Crippen molar-refractivity contribution in [1.82, 2.24) is 10.2 Å². The zero-order valence-corrected chi connectivity index (χ0v) is 17.1. The van der Waals surface area contributed by atoms with Gasteiger partial charge in [0.1, 0.15) is 6.04 Å². The molecule has 2 saturated heterocycles. The van der Waals surface area contributed by atoms with Crippen molar-refractivity contribution in [3.05, 3.63) is 35.4 Å². The van der Waals surface area contributed by atoms with Gasteiger partial charge in [-0.05, 0) is 43.7 Å². The standard InChI is InChI=1S/C22H32N2O4/c1-15(2)14-19(23-20(25)18-7-5-4-6-16(18)3)21(26)24-10-8-17(9-11-24)22-27-12-13-28-22/h4-7,15,17,19,22H,8-14H2,1-3H3,(H,23,25). The van der Waals surface area contributed by atoms with Crippen LogP contribution in [0.1, 0.15) is 49.0 Å². The Morgan fingerprint density at radius 3 is 2.39 bits per heavy atom. The molecular weight excluding hydrogens is 356 g/mol. The van der Waals surface area contributed by atoms with E-state index in [-0.39, 0.29) is 18.1 Å². The third kappa shape index (κ3) is 5.11. The Morgan fingerprint density at radius 1 is 1.14 bits per heavy atom. The molecule has 2 amide bonds. The summed E-state index contributed by atoms with van der Waals surface area (Å²) in [6.45, 7) is 8.73. The molecule has 1 atom stereocenters. The summed E-state index contributed by atoms with van der Waals surface area (Å²) >= 11 is 0. The number of amides is 2. The fourth-order valence-corrected chi connectivity index (χ4v) is 4.02. The van der Waals surface area contributed by atoms with Crippen LogP contribution in [0.5, 0.6) is 0 Å². The summed E-state index contributed by atoms with van der Waals surface area (Å²) < 4.78 is 11.2. The maximum absolute atomic E-state index is 13.2. The number of carbonyl (C=O) groups is 2. The molecule has 1 N–H and O–H groups in total. The molecule has 2 fully saturated rings. The number of nitrogens with one attached hydrogen (secondary N) is 1. The van der Waals surface area contributed by atoms with Crippen LogP contribution in [-0.4, -0.2) is 55.3 Å². The number of piperidine rings is 1. The number of rotatable bonds is 6. The minimum absolute atomic E-state index is 0.0161. The Bertz CT molecular complexity index is 677. The van der Waals surface area contributed by atoms with E-state index in [0.717, 1.165) is 18.4 Å². The molecule has 6 nitrogen and oxygen atoms in total. The van der Waals surface area contributed by atoms with Gasteiger partial charge < -0.3 is 19.7 Å². The normalized spacial score (nSPS) is 19.8. The van der Waals surface area contributed by atoms with Crippen molar-refractivity contribution < 1.29 is 19.1 Å². The Balaban J connectivity index is 1.62. The summed E-state index contributed by atoms with van der Waals surface area (Å²) in [4.78, 5) is 27.8. The molecule has 0 spiro atoms. The van der Waals surface area contributed by atoms with Crippen LogP contribution in [0.3, 0.4) is 0 Å². The number of aryl methyl sites for hydroxylation is 1. The van der Waals surface area contributed by atoms with Crippen molar-refractivity contribution in [1.29, 1.82) is 0 Å². The number of hydrogen-bond donors (Lipinski definition) is 1. The summed E-state index contributed by atoms with van der Waals surface area (Å²) in [6, 6.07) is 6.97. The fraction of sp³-hybridized carbons (Fsp3) is 0.636. The van der Waals surface area contributed by atoms with Crippen LogP contribution in [0, 0.1) is 18.8 Å². The molecule has 0 aliphatic carbocycles. The molecule has 3 rings (SSSR count). The third-order valence-corrected chi connectivity index (χ3v) is 5.58. The number of hydrogen-bond acceptors (Lipinski definition) is 4. The lowest BCUT2D eigenvalue weighted by atomic mass is 9.94. The minimum atomic E-state index is -0.498. The Morgan fingerprint density at radius 2 is 1.79 bits per heavy atom. The number of nitrogens with zero attached hydrogens (tertiary/aromatic N) is 1. The zero-order valence-electron chi connectivity index (χ0n) is 17.1. The second kappa shape index (κ2) is 9.52. The summed E-state index contributed by atoms with van der Waals surface area (Å²) in [7, 11) is 0. The highest BCUT2D eigenvalue weighted by Crippen LogP contribution is 2.26. The van der Waals surface area contributed by atoms with Gasteiger partial charge in [0.2, 0.25) is 5.91 Å². The summed E-state index contributed by atoms with van der Waals surface area (Å²) in [5, 5.41) is 2.99. The first kappa shape index (κ1) is 20.8. The maximum Gasteiger partial charge on any atom is 0.252 e. The number of ether oxygens (including phenoxy) is 2. The van der Waals surface area contributed by atoms with Gasteiger partial charge in [0.15, 0.2) is 6.29 Å². The Labute approximate surface area is 167 Å². The van der Waals surface area contributed by atoms with Crippen LogP contribution in [0.2, 0.25) is 0 Å². The second-order valence-electron chi connectivity index (χ2n) is 8.24. The lowest BCUT2D eigenvalue weighted by molar-refractivity contribution is -0.139. The highest BCUT2D eigenvalue weighted by Gasteiger charge is 2.34. The van der Waals surface area contributed by atoms with Crippen LogP contribution in [0.15, 0.2) is 24.3 Å². The van der Waals surface area contributed by atoms with Gasteiger partial charge in [-0.3, -0.25) is 9.59 Å². The SMILES string of the molecule is Cc1ccccc1C(=O)NC(CC(C)C)C(=O)N1CCC(C2OCCO2)CC1. The maximum atomic E-state index is 13.2. The first-order valence-electron chi connectivity index (χ1n) is 10.3. The first-order valence-corrected chi connectivity index (χ1v) is 10.3.